The molecule has 0 spiro atoms. The number of aliphatic hydroxyl groups excluding tert-OH is 1. The van der Waals surface area contributed by atoms with Crippen molar-refractivity contribution in [1.82, 2.24) is 4.98 Å². The van der Waals surface area contributed by atoms with E-state index in [0.717, 1.165) is 12.1 Å². The third-order valence-electron chi connectivity index (χ3n) is 2.63. The minimum absolute atomic E-state index is 0.00241. The molecule has 1 aromatic heterocycles. The van der Waals surface area contributed by atoms with Crippen LogP contribution in [-0.4, -0.2) is 10.1 Å². The fourth-order valence-electron chi connectivity index (χ4n) is 1.61. The summed E-state index contributed by atoms with van der Waals surface area (Å²) in [4.78, 5) is 3.45. The van der Waals surface area contributed by atoms with Gasteiger partial charge < -0.3 is 5.11 Å². The zero-order valence-corrected chi connectivity index (χ0v) is 9.58. The number of aliphatic hydroxyl groups is 1. The second-order valence-electron chi connectivity index (χ2n) is 3.91. The lowest BCUT2D eigenvalue weighted by Gasteiger charge is -2.08. The van der Waals surface area contributed by atoms with E-state index in [-0.39, 0.29) is 5.56 Å². The lowest BCUT2D eigenvalue weighted by molar-refractivity contribution is -0.137. The van der Waals surface area contributed by atoms with E-state index in [1.165, 1.54) is 24.4 Å². The van der Waals surface area contributed by atoms with Crippen molar-refractivity contribution in [1.29, 1.82) is 0 Å². The van der Waals surface area contributed by atoms with Crippen LogP contribution in [0.2, 0.25) is 0 Å². The van der Waals surface area contributed by atoms with Crippen LogP contribution in [0.4, 0.5) is 17.6 Å². The Bertz CT molecular complexity index is 578. The average Bonchev–Trinajstić information content (AvgIpc) is 2.38. The number of hydrogen-bond donors (Lipinski definition) is 1. The van der Waals surface area contributed by atoms with E-state index in [2.05, 4.69) is 4.98 Å². The molecule has 19 heavy (non-hydrogen) atoms. The smallest absolute Gasteiger partial charge is 0.392 e. The van der Waals surface area contributed by atoms with E-state index in [4.69, 9.17) is 5.11 Å². The molecule has 0 radical (unpaired) electrons. The zero-order valence-electron chi connectivity index (χ0n) is 9.58. The standard InChI is InChI=1S/C13H9F4NO/c14-12-10(7-19)5-9(6-18-12)8-1-3-11(4-2-8)13(15,16)17/h1-6,19H,7H2. The van der Waals surface area contributed by atoms with Crippen molar-refractivity contribution in [3.63, 3.8) is 0 Å². The Labute approximate surface area is 106 Å². The zero-order chi connectivity index (χ0) is 14.0. The van der Waals surface area contributed by atoms with E-state index < -0.39 is 24.3 Å². The van der Waals surface area contributed by atoms with Gasteiger partial charge in [0, 0.05) is 17.3 Å². The monoisotopic (exact) mass is 271 g/mol. The topological polar surface area (TPSA) is 33.1 Å². The van der Waals surface area contributed by atoms with Crippen LogP contribution in [0, 0.1) is 5.95 Å². The van der Waals surface area contributed by atoms with Crippen LogP contribution >= 0.6 is 0 Å². The summed E-state index contributed by atoms with van der Waals surface area (Å²) in [6.07, 6.45) is -3.19. The Balaban J connectivity index is 2.37. The number of alkyl halides is 3. The van der Waals surface area contributed by atoms with Gasteiger partial charge in [-0.25, -0.2) is 4.98 Å². The number of halogens is 4. The highest BCUT2D eigenvalue weighted by molar-refractivity contribution is 5.63. The van der Waals surface area contributed by atoms with Gasteiger partial charge in [-0.3, -0.25) is 0 Å². The maximum atomic E-state index is 13.1. The summed E-state index contributed by atoms with van der Waals surface area (Å²) in [6, 6.07) is 5.79. The van der Waals surface area contributed by atoms with E-state index in [1.807, 2.05) is 0 Å². The lowest BCUT2D eigenvalue weighted by atomic mass is 10.0. The number of nitrogens with zero attached hydrogens (tertiary/aromatic N) is 1. The summed E-state index contributed by atoms with van der Waals surface area (Å²) in [5.41, 5.74) is 0.153. The fraction of sp³-hybridized carbons (Fsp3) is 0.154. The SMILES string of the molecule is OCc1cc(-c2ccc(C(F)(F)F)cc2)cnc1F. The van der Waals surface area contributed by atoms with Gasteiger partial charge in [-0.2, -0.15) is 17.6 Å². The van der Waals surface area contributed by atoms with Crippen molar-refractivity contribution in [3.05, 3.63) is 53.6 Å². The summed E-state index contributed by atoms with van der Waals surface area (Å²) in [5.74, 6) is -0.793. The van der Waals surface area contributed by atoms with E-state index in [1.54, 1.807) is 0 Å². The number of hydrogen-bond acceptors (Lipinski definition) is 2. The van der Waals surface area contributed by atoms with Gasteiger partial charge in [0.15, 0.2) is 0 Å². The molecule has 6 heteroatoms. The highest BCUT2D eigenvalue weighted by atomic mass is 19.4. The van der Waals surface area contributed by atoms with Crippen molar-refractivity contribution in [2.75, 3.05) is 0 Å². The summed E-state index contributed by atoms with van der Waals surface area (Å²) in [7, 11) is 0. The largest absolute Gasteiger partial charge is 0.416 e. The number of pyridine rings is 1. The predicted octanol–water partition coefficient (Wildman–Crippen LogP) is 3.40. The van der Waals surface area contributed by atoms with Crippen LogP contribution in [-0.2, 0) is 12.8 Å². The molecule has 1 N–H and O–H groups in total. The second-order valence-corrected chi connectivity index (χ2v) is 3.91. The lowest BCUT2D eigenvalue weighted by Crippen LogP contribution is -2.04. The molecule has 2 aromatic rings. The van der Waals surface area contributed by atoms with Crippen LogP contribution in [0.1, 0.15) is 11.1 Å². The Morgan fingerprint density at radius 2 is 1.68 bits per heavy atom. The molecule has 0 aliphatic heterocycles. The molecule has 2 rings (SSSR count). The van der Waals surface area contributed by atoms with Crippen molar-refractivity contribution < 1.29 is 22.7 Å². The Kier molecular flexibility index (Phi) is 3.53. The Morgan fingerprint density at radius 1 is 1.05 bits per heavy atom. The van der Waals surface area contributed by atoms with E-state index in [9.17, 15) is 17.6 Å². The Hall–Kier alpha value is -1.95. The molecule has 0 aliphatic rings. The van der Waals surface area contributed by atoms with Gasteiger partial charge in [0.05, 0.1) is 12.2 Å². The summed E-state index contributed by atoms with van der Waals surface area (Å²) >= 11 is 0. The molecule has 0 fully saturated rings. The molecule has 0 unspecified atom stereocenters. The Morgan fingerprint density at radius 3 is 2.21 bits per heavy atom. The molecule has 0 saturated carbocycles. The molecule has 1 aromatic carbocycles. The number of aromatic nitrogens is 1. The van der Waals surface area contributed by atoms with Crippen LogP contribution in [0.25, 0.3) is 11.1 Å². The van der Waals surface area contributed by atoms with Crippen molar-refractivity contribution in [2.24, 2.45) is 0 Å². The van der Waals surface area contributed by atoms with Crippen molar-refractivity contribution in [2.45, 2.75) is 12.8 Å². The third kappa shape index (κ3) is 2.90. The van der Waals surface area contributed by atoms with Gasteiger partial charge in [0.1, 0.15) is 0 Å². The number of benzene rings is 1. The first-order valence-electron chi connectivity index (χ1n) is 5.34. The minimum atomic E-state index is -4.39. The summed E-state index contributed by atoms with van der Waals surface area (Å²) in [6.45, 7) is -0.521. The van der Waals surface area contributed by atoms with Gasteiger partial charge in [0.25, 0.3) is 0 Å². The predicted molar refractivity (Wildman–Crippen MR) is 60.6 cm³/mol. The third-order valence-corrected chi connectivity index (χ3v) is 2.63. The van der Waals surface area contributed by atoms with Crippen LogP contribution in [0.5, 0.6) is 0 Å². The van der Waals surface area contributed by atoms with Gasteiger partial charge in [-0.1, -0.05) is 12.1 Å². The van der Waals surface area contributed by atoms with Gasteiger partial charge in [-0.15, -0.1) is 0 Å². The highest BCUT2D eigenvalue weighted by Crippen LogP contribution is 2.31. The highest BCUT2D eigenvalue weighted by Gasteiger charge is 2.29. The normalized spacial score (nSPS) is 11.6. The quantitative estimate of drug-likeness (QED) is 0.670. The van der Waals surface area contributed by atoms with Crippen LogP contribution in [0.3, 0.4) is 0 Å². The molecule has 0 aliphatic carbocycles. The van der Waals surface area contributed by atoms with Gasteiger partial charge >= 0.3 is 6.18 Å². The molecule has 0 saturated heterocycles. The first-order chi connectivity index (χ1) is 8.91. The first-order valence-corrected chi connectivity index (χ1v) is 5.34. The average molecular weight is 271 g/mol. The molecule has 0 amide bonds. The summed E-state index contributed by atoms with van der Waals surface area (Å²) in [5, 5.41) is 8.91. The van der Waals surface area contributed by atoms with Crippen LogP contribution in [0.15, 0.2) is 36.5 Å². The van der Waals surface area contributed by atoms with Gasteiger partial charge in [0.2, 0.25) is 5.95 Å². The summed E-state index contributed by atoms with van der Waals surface area (Å²) < 4.78 is 50.3. The molecular formula is C13H9F4NO. The van der Waals surface area contributed by atoms with Gasteiger partial charge in [-0.05, 0) is 23.8 Å². The molecule has 0 bridgehead atoms. The minimum Gasteiger partial charge on any atom is -0.392 e. The van der Waals surface area contributed by atoms with Crippen LogP contribution < -0.4 is 0 Å². The first kappa shape index (κ1) is 13.5. The molecule has 2 nitrogen and oxygen atoms in total. The molecule has 0 atom stereocenters. The maximum absolute atomic E-state index is 13.1. The van der Waals surface area contributed by atoms with E-state index >= 15 is 0 Å². The maximum Gasteiger partial charge on any atom is 0.416 e. The van der Waals surface area contributed by atoms with Crippen molar-refractivity contribution in [3.8, 4) is 11.1 Å². The van der Waals surface area contributed by atoms with E-state index in [0.29, 0.717) is 11.1 Å². The fourth-order valence-corrected chi connectivity index (χ4v) is 1.61. The molecular weight excluding hydrogens is 262 g/mol. The second kappa shape index (κ2) is 4.97. The van der Waals surface area contributed by atoms with Crippen molar-refractivity contribution >= 4 is 0 Å². The number of rotatable bonds is 2. The molecule has 100 valence electrons. The molecule has 1 heterocycles.